The molecule has 1 heterocycles. The summed E-state index contributed by atoms with van der Waals surface area (Å²) in [6.07, 6.45) is 2.09. The van der Waals surface area contributed by atoms with Crippen LogP contribution in [0.25, 0.3) is 0 Å². The van der Waals surface area contributed by atoms with E-state index in [-0.39, 0.29) is 17.6 Å². The Morgan fingerprint density at radius 1 is 1.30 bits per heavy atom. The molecule has 0 aliphatic carbocycles. The zero-order valence-electron chi connectivity index (χ0n) is 13.2. The Morgan fingerprint density at radius 2 is 2.13 bits per heavy atom. The van der Waals surface area contributed by atoms with Gasteiger partial charge in [0.25, 0.3) is 0 Å². The number of aryl methyl sites for hydroxylation is 1. The van der Waals surface area contributed by atoms with Gasteiger partial charge < -0.3 is 10.6 Å². The van der Waals surface area contributed by atoms with Gasteiger partial charge >= 0.3 is 0 Å². The van der Waals surface area contributed by atoms with Gasteiger partial charge in [-0.1, -0.05) is 18.2 Å². The largest absolute Gasteiger partial charge is 0.385 e. The second-order valence-electron chi connectivity index (χ2n) is 5.96. The summed E-state index contributed by atoms with van der Waals surface area (Å²) in [6, 6.07) is 12.1. The lowest BCUT2D eigenvalue weighted by Gasteiger charge is -2.19. The van der Waals surface area contributed by atoms with Crippen molar-refractivity contribution in [2.45, 2.75) is 32.4 Å². The van der Waals surface area contributed by atoms with Gasteiger partial charge in [-0.3, -0.25) is 4.79 Å². The number of carbonyl (C=O) groups is 1. The first kappa shape index (κ1) is 15.7. The second-order valence-corrected chi connectivity index (χ2v) is 5.96. The van der Waals surface area contributed by atoms with Crippen LogP contribution in [0.5, 0.6) is 0 Å². The first-order valence-corrected chi connectivity index (χ1v) is 8.03. The van der Waals surface area contributed by atoms with E-state index in [4.69, 9.17) is 0 Å². The van der Waals surface area contributed by atoms with Crippen LogP contribution in [0.2, 0.25) is 0 Å². The van der Waals surface area contributed by atoms with Crippen molar-refractivity contribution in [1.29, 1.82) is 0 Å². The van der Waals surface area contributed by atoms with Crippen molar-refractivity contribution in [3.8, 4) is 0 Å². The molecule has 1 aliphatic rings. The topological polar surface area (TPSA) is 41.1 Å². The van der Waals surface area contributed by atoms with E-state index in [0.29, 0.717) is 17.7 Å². The molecular formula is C19H21FN2O. The maximum Gasteiger partial charge on any atom is 0.179 e. The molecule has 1 atom stereocenters. The molecule has 2 aromatic rings. The fourth-order valence-electron chi connectivity index (χ4n) is 2.88. The number of rotatable bonds is 5. The van der Waals surface area contributed by atoms with Crippen LogP contribution >= 0.6 is 0 Å². The van der Waals surface area contributed by atoms with Crippen molar-refractivity contribution in [2.24, 2.45) is 0 Å². The zero-order chi connectivity index (χ0) is 16.2. The van der Waals surface area contributed by atoms with E-state index in [9.17, 15) is 9.18 Å². The molecule has 2 aromatic carbocycles. The monoisotopic (exact) mass is 312 g/mol. The number of anilines is 1. The number of benzene rings is 2. The van der Waals surface area contributed by atoms with E-state index in [1.54, 1.807) is 18.2 Å². The lowest BCUT2D eigenvalue weighted by atomic mass is 9.97. The molecule has 23 heavy (non-hydrogen) atoms. The van der Waals surface area contributed by atoms with Gasteiger partial charge in [0.15, 0.2) is 5.78 Å². The molecule has 0 radical (unpaired) electrons. The van der Waals surface area contributed by atoms with E-state index in [1.807, 2.05) is 25.1 Å². The van der Waals surface area contributed by atoms with E-state index < -0.39 is 0 Å². The first-order valence-electron chi connectivity index (χ1n) is 8.03. The predicted molar refractivity (Wildman–Crippen MR) is 90.3 cm³/mol. The number of carbonyl (C=O) groups excluding carboxylic acids is 1. The van der Waals surface area contributed by atoms with Gasteiger partial charge in [-0.05, 0) is 49.6 Å². The Balaban J connectivity index is 1.66. The summed E-state index contributed by atoms with van der Waals surface area (Å²) in [7, 11) is 0. The lowest BCUT2D eigenvalue weighted by Crippen LogP contribution is -2.33. The average molecular weight is 312 g/mol. The molecule has 2 N–H and O–H groups in total. The van der Waals surface area contributed by atoms with Gasteiger partial charge in [0.05, 0.1) is 6.04 Å². The van der Waals surface area contributed by atoms with E-state index >= 15 is 0 Å². The van der Waals surface area contributed by atoms with Crippen molar-refractivity contribution in [2.75, 3.05) is 11.9 Å². The summed E-state index contributed by atoms with van der Waals surface area (Å²) < 4.78 is 13.6. The number of nitrogens with one attached hydrogen (secondary N) is 2. The van der Waals surface area contributed by atoms with Crippen LogP contribution in [0, 0.1) is 5.82 Å². The van der Waals surface area contributed by atoms with E-state index in [1.165, 1.54) is 11.6 Å². The molecule has 0 fully saturated rings. The van der Waals surface area contributed by atoms with Gasteiger partial charge in [-0.25, -0.2) is 4.39 Å². The summed E-state index contributed by atoms with van der Waals surface area (Å²) in [4.78, 5) is 12.6. The van der Waals surface area contributed by atoms with Crippen molar-refractivity contribution in [3.63, 3.8) is 0 Å². The van der Waals surface area contributed by atoms with Crippen molar-refractivity contribution >= 4 is 11.5 Å². The predicted octanol–water partition coefficient (Wildman–Crippen LogP) is 3.54. The summed E-state index contributed by atoms with van der Waals surface area (Å²) in [6.45, 7) is 3.15. The molecule has 1 aliphatic heterocycles. The Hall–Kier alpha value is -2.20. The summed E-state index contributed by atoms with van der Waals surface area (Å²) in [5, 5.41) is 6.46. The smallest absolute Gasteiger partial charge is 0.179 e. The lowest BCUT2D eigenvalue weighted by molar-refractivity contribution is 0.0950. The highest BCUT2D eigenvalue weighted by atomic mass is 19.1. The van der Waals surface area contributed by atoms with Gasteiger partial charge in [0.2, 0.25) is 0 Å². The van der Waals surface area contributed by atoms with Crippen molar-refractivity contribution in [1.82, 2.24) is 5.32 Å². The third-order valence-electron chi connectivity index (χ3n) is 4.28. The van der Waals surface area contributed by atoms with Crippen LogP contribution in [-0.2, 0) is 13.0 Å². The normalized spacial score (nSPS) is 14.7. The van der Waals surface area contributed by atoms with Gasteiger partial charge in [0.1, 0.15) is 5.82 Å². The van der Waals surface area contributed by atoms with Crippen LogP contribution in [0.1, 0.15) is 34.8 Å². The number of ketones is 1. The molecule has 3 rings (SSSR count). The molecule has 3 nitrogen and oxygen atoms in total. The van der Waals surface area contributed by atoms with E-state index in [0.717, 1.165) is 25.1 Å². The molecule has 0 bridgehead atoms. The minimum absolute atomic E-state index is 0.0368. The highest BCUT2D eigenvalue weighted by Crippen LogP contribution is 2.23. The first-order chi connectivity index (χ1) is 11.1. The zero-order valence-corrected chi connectivity index (χ0v) is 13.2. The maximum absolute atomic E-state index is 13.6. The fraction of sp³-hybridized carbons (Fsp3) is 0.316. The van der Waals surface area contributed by atoms with Crippen LogP contribution < -0.4 is 10.6 Å². The number of hydrogen-bond acceptors (Lipinski definition) is 3. The Labute approximate surface area is 135 Å². The van der Waals surface area contributed by atoms with Gasteiger partial charge in [0, 0.05) is 29.9 Å². The molecule has 120 valence electrons. The third kappa shape index (κ3) is 3.59. The molecule has 1 unspecified atom stereocenters. The van der Waals surface area contributed by atoms with Crippen LogP contribution in [0.3, 0.4) is 0 Å². The third-order valence-corrected chi connectivity index (χ3v) is 4.28. The Bertz CT molecular complexity index is 714. The summed E-state index contributed by atoms with van der Waals surface area (Å²) >= 11 is 0. The van der Waals surface area contributed by atoms with Crippen LogP contribution in [0.4, 0.5) is 10.1 Å². The maximum atomic E-state index is 13.6. The number of Topliss-reactive ketones (excluding diaryl/α,β-unsaturated/α-hetero) is 1. The standard InChI is InChI=1S/C19H21FN2O/c1-13(22-12-16-5-2-3-7-17(16)20)19(23)15-8-9-18-14(11-15)6-4-10-21-18/h2-3,5,7-9,11,13,21-22H,4,6,10,12H2,1H3. The molecule has 4 heteroatoms. The fourth-order valence-corrected chi connectivity index (χ4v) is 2.88. The Kier molecular flexibility index (Phi) is 4.72. The highest BCUT2D eigenvalue weighted by molar-refractivity contribution is 6.00. The number of fused-ring (bicyclic) bond motifs is 1. The molecule has 0 aromatic heterocycles. The van der Waals surface area contributed by atoms with Crippen LogP contribution in [-0.4, -0.2) is 18.4 Å². The Morgan fingerprint density at radius 3 is 2.96 bits per heavy atom. The highest BCUT2D eigenvalue weighted by Gasteiger charge is 2.17. The number of halogens is 1. The molecule has 0 spiro atoms. The molecule has 0 saturated heterocycles. The van der Waals surface area contributed by atoms with Crippen LogP contribution in [0.15, 0.2) is 42.5 Å². The van der Waals surface area contributed by atoms with E-state index in [2.05, 4.69) is 10.6 Å². The van der Waals surface area contributed by atoms with Crippen molar-refractivity contribution < 1.29 is 9.18 Å². The molecular weight excluding hydrogens is 291 g/mol. The summed E-state index contributed by atoms with van der Waals surface area (Å²) in [5.41, 5.74) is 3.60. The minimum atomic E-state index is -0.357. The second kappa shape index (κ2) is 6.92. The average Bonchev–Trinajstić information content (AvgIpc) is 2.59. The summed E-state index contributed by atoms with van der Waals surface area (Å²) in [5.74, 6) is -0.214. The molecule has 0 amide bonds. The van der Waals surface area contributed by atoms with Crippen molar-refractivity contribution in [3.05, 3.63) is 65.0 Å². The SMILES string of the molecule is CC(NCc1ccccc1F)C(=O)c1ccc2c(c1)CCCN2. The van der Waals surface area contributed by atoms with Gasteiger partial charge in [-0.15, -0.1) is 0 Å². The number of hydrogen-bond donors (Lipinski definition) is 2. The molecule has 0 saturated carbocycles. The van der Waals surface area contributed by atoms with Gasteiger partial charge in [-0.2, -0.15) is 0 Å². The quantitative estimate of drug-likeness (QED) is 0.830. The minimum Gasteiger partial charge on any atom is -0.385 e.